The van der Waals surface area contributed by atoms with Gasteiger partial charge in [0.2, 0.25) is 0 Å². The fourth-order valence-electron chi connectivity index (χ4n) is 3.46. The van der Waals surface area contributed by atoms with Gasteiger partial charge in [-0.15, -0.1) is 0 Å². The highest BCUT2D eigenvalue weighted by Gasteiger charge is 2.19. The fourth-order valence-corrected chi connectivity index (χ4v) is 3.46. The van der Waals surface area contributed by atoms with Gasteiger partial charge in [0.1, 0.15) is 5.65 Å². The normalized spacial score (nSPS) is 17.3. The molecule has 1 unspecified atom stereocenters. The average Bonchev–Trinajstić information content (AvgIpc) is 3.08. The van der Waals surface area contributed by atoms with Gasteiger partial charge in [-0.25, -0.2) is 4.98 Å². The Morgan fingerprint density at radius 2 is 2.04 bits per heavy atom. The van der Waals surface area contributed by atoms with Crippen LogP contribution in [0.1, 0.15) is 23.2 Å². The molecule has 0 saturated carbocycles. The van der Waals surface area contributed by atoms with E-state index in [1.54, 1.807) is 0 Å². The number of aryl methyl sites for hydroxylation is 1. The van der Waals surface area contributed by atoms with Gasteiger partial charge in [-0.2, -0.15) is 0 Å². The summed E-state index contributed by atoms with van der Waals surface area (Å²) in [7, 11) is 1.82. The molecule has 1 aromatic carbocycles. The number of pyridine rings is 1. The van der Waals surface area contributed by atoms with Gasteiger partial charge >= 0.3 is 0 Å². The Morgan fingerprint density at radius 1 is 1.20 bits per heavy atom. The molecule has 0 radical (unpaired) electrons. The molecule has 128 valence electrons. The monoisotopic (exact) mass is 333 g/mol. The number of rotatable bonds is 3. The molecule has 25 heavy (non-hydrogen) atoms. The van der Waals surface area contributed by atoms with Gasteiger partial charge in [0.05, 0.1) is 12.2 Å². The van der Waals surface area contributed by atoms with Gasteiger partial charge in [0.15, 0.2) is 5.96 Å². The SMILES string of the molecule is CN=C(NCc1cn2ccccc2n1)NC1CCc2ccccc2C1. The number of nitrogens with one attached hydrogen (secondary N) is 2. The van der Waals surface area contributed by atoms with Crippen molar-refractivity contribution in [3.63, 3.8) is 0 Å². The molecule has 5 nitrogen and oxygen atoms in total. The lowest BCUT2D eigenvalue weighted by Crippen LogP contribution is -2.45. The Kier molecular flexibility index (Phi) is 4.37. The Hall–Kier alpha value is -2.82. The molecule has 0 amide bonds. The minimum absolute atomic E-state index is 0.419. The molecular weight excluding hydrogens is 310 g/mol. The third-order valence-electron chi connectivity index (χ3n) is 4.76. The number of hydrogen-bond donors (Lipinski definition) is 2. The van der Waals surface area contributed by atoms with Crippen LogP contribution in [0.15, 0.2) is 59.9 Å². The van der Waals surface area contributed by atoms with Crippen molar-refractivity contribution in [1.29, 1.82) is 0 Å². The second-order valence-electron chi connectivity index (χ2n) is 6.48. The molecule has 1 aliphatic carbocycles. The molecule has 2 heterocycles. The molecule has 0 saturated heterocycles. The van der Waals surface area contributed by atoms with E-state index < -0.39 is 0 Å². The van der Waals surface area contributed by atoms with Crippen LogP contribution in [0.4, 0.5) is 0 Å². The molecule has 1 aliphatic rings. The third-order valence-corrected chi connectivity index (χ3v) is 4.76. The van der Waals surface area contributed by atoms with E-state index in [1.165, 1.54) is 11.1 Å². The van der Waals surface area contributed by atoms with Gasteiger partial charge in [-0.1, -0.05) is 30.3 Å². The van der Waals surface area contributed by atoms with Crippen LogP contribution in [0.25, 0.3) is 5.65 Å². The van der Waals surface area contributed by atoms with E-state index in [1.807, 2.05) is 42.0 Å². The van der Waals surface area contributed by atoms with Crippen LogP contribution in [0, 0.1) is 0 Å². The molecular formula is C20H23N5. The van der Waals surface area contributed by atoms with Crippen LogP contribution in [0.2, 0.25) is 0 Å². The Balaban J connectivity index is 1.37. The highest BCUT2D eigenvalue weighted by atomic mass is 15.2. The number of benzene rings is 1. The molecule has 2 aromatic heterocycles. The smallest absolute Gasteiger partial charge is 0.191 e. The Morgan fingerprint density at radius 3 is 2.88 bits per heavy atom. The maximum absolute atomic E-state index is 4.61. The summed E-state index contributed by atoms with van der Waals surface area (Å²) >= 11 is 0. The lowest BCUT2D eigenvalue weighted by atomic mass is 9.88. The van der Waals surface area contributed by atoms with Gasteiger partial charge < -0.3 is 15.0 Å². The van der Waals surface area contributed by atoms with Crippen molar-refractivity contribution in [2.75, 3.05) is 7.05 Å². The molecule has 0 aliphatic heterocycles. The minimum Gasteiger partial charge on any atom is -0.353 e. The zero-order chi connectivity index (χ0) is 17.1. The summed E-state index contributed by atoms with van der Waals surface area (Å²) in [6.07, 6.45) is 7.36. The highest BCUT2D eigenvalue weighted by molar-refractivity contribution is 5.80. The van der Waals surface area contributed by atoms with Gasteiger partial charge in [0.25, 0.3) is 0 Å². The summed E-state index contributed by atoms with van der Waals surface area (Å²) in [5.41, 5.74) is 4.89. The van der Waals surface area contributed by atoms with E-state index in [2.05, 4.69) is 44.9 Å². The Bertz CT molecular complexity index is 863. The molecule has 2 N–H and O–H groups in total. The maximum atomic E-state index is 4.61. The number of imidazole rings is 1. The van der Waals surface area contributed by atoms with Crippen molar-refractivity contribution in [1.82, 2.24) is 20.0 Å². The summed E-state index contributed by atoms with van der Waals surface area (Å²) in [6, 6.07) is 15.2. The number of guanidine groups is 1. The first-order valence-electron chi connectivity index (χ1n) is 8.78. The first-order chi connectivity index (χ1) is 12.3. The van der Waals surface area contributed by atoms with Crippen LogP contribution in [-0.2, 0) is 19.4 Å². The average molecular weight is 333 g/mol. The van der Waals surface area contributed by atoms with Crippen molar-refractivity contribution in [3.8, 4) is 0 Å². The van der Waals surface area contributed by atoms with Crippen LogP contribution >= 0.6 is 0 Å². The van der Waals surface area contributed by atoms with Crippen LogP contribution in [-0.4, -0.2) is 28.4 Å². The molecule has 5 heteroatoms. The van der Waals surface area contributed by atoms with E-state index in [-0.39, 0.29) is 0 Å². The van der Waals surface area contributed by atoms with E-state index >= 15 is 0 Å². The number of aromatic nitrogens is 2. The number of aliphatic imine (C=N–C) groups is 1. The van der Waals surface area contributed by atoms with Crippen molar-refractivity contribution >= 4 is 11.6 Å². The lowest BCUT2D eigenvalue weighted by molar-refractivity contribution is 0.520. The molecule has 1 atom stereocenters. The fraction of sp³-hybridized carbons (Fsp3) is 0.300. The summed E-state index contributed by atoms with van der Waals surface area (Å²) in [6.45, 7) is 0.657. The van der Waals surface area contributed by atoms with Crippen molar-refractivity contribution < 1.29 is 0 Å². The summed E-state index contributed by atoms with van der Waals surface area (Å²) in [5, 5.41) is 6.94. The molecule has 3 aromatic rings. The van der Waals surface area contributed by atoms with Gasteiger partial charge in [-0.3, -0.25) is 4.99 Å². The Labute approximate surface area is 147 Å². The third kappa shape index (κ3) is 3.50. The van der Waals surface area contributed by atoms with E-state index in [9.17, 15) is 0 Å². The predicted octanol–water partition coefficient (Wildman–Crippen LogP) is 2.56. The van der Waals surface area contributed by atoms with Gasteiger partial charge in [-0.05, 0) is 42.5 Å². The van der Waals surface area contributed by atoms with Crippen molar-refractivity contribution in [3.05, 3.63) is 71.7 Å². The molecule has 4 rings (SSSR count). The van der Waals surface area contributed by atoms with Crippen LogP contribution in [0.3, 0.4) is 0 Å². The molecule has 0 bridgehead atoms. The van der Waals surface area contributed by atoms with E-state index in [0.29, 0.717) is 12.6 Å². The number of hydrogen-bond acceptors (Lipinski definition) is 2. The van der Waals surface area contributed by atoms with Crippen LogP contribution in [0.5, 0.6) is 0 Å². The van der Waals surface area contributed by atoms with E-state index in [4.69, 9.17) is 0 Å². The lowest BCUT2D eigenvalue weighted by Gasteiger charge is -2.27. The second kappa shape index (κ2) is 6.97. The summed E-state index contributed by atoms with van der Waals surface area (Å²) in [4.78, 5) is 8.98. The summed E-state index contributed by atoms with van der Waals surface area (Å²) < 4.78 is 2.03. The molecule has 0 spiro atoms. The first-order valence-corrected chi connectivity index (χ1v) is 8.78. The minimum atomic E-state index is 0.419. The number of fused-ring (bicyclic) bond motifs is 2. The van der Waals surface area contributed by atoms with Crippen LogP contribution < -0.4 is 10.6 Å². The van der Waals surface area contributed by atoms with Crippen molar-refractivity contribution in [2.24, 2.45) is 4.99 Å². The van der Waals surface area contributed by atoms with Gasteiger partial charge in [0, 0.05) is 25.5 Å². The second-order valence-corrected chi connectivity index (χ2v) is 6.48. The molecule has 0 fully saturated rings. The topological polar surface area (TPSA) is 53.7 Å². The zero-order valence-corrected chi connectivity index (χ0v) is 14.4. The zero-order valence-electron chi connectivity index (χ0n) is 14.4. The maximum Gasteiger partial charge on any atom is 0.191 e. The largest absolute Gasteiger partial charge is 0.353 e. The van der Waals surface area contributed by atoms with Crippen molar-refractivity contribution in [2.45, 2.75) is 31.8 Å². The number of nitrogens with zero attached hydrogens (tertiary/aromatic N) is 3. The standard InChI is InChI=1S/C20H23N5/c1-21-20(22-13-18-14-25-11-5-4-8-19(25)23-18)24-17-10-9-15-6-2-3-7-16(15)12-17/h2-8,11,14,17H,9-10,12-13H2,1H3,(H2,21,22,24). The predicted molar refractivity (Wildman–Crippen MR) is 101 cm³/mol. The van der Waals surface area contributed by atoms with E-state index in [0.717, 1.165) is 36.6 Å². The summed E-state index contributed by atoms with van der Waals surface area (Å²) in [5.74, 6) is 0.835. The highest BCUT2D eigenvalue weighted by Crippen LogP contribution is 2.20. The first kappa shape index (κ1) is 15.7. The quantitative estimate of drug-likeness (QED) is 0.572.